The van der Waals surface area contributed by atoms with Crippen LogP contribution in [0.5, 0.6) is 0 Å². The lowest BCUT2D eigenvalue weighted by Crippen LogP contribution is -2.26. The summed E-state index contributed by atoms with van der Waals surface area (Å²) in [5.41, 5.74) is 1.11. The van der Waals surface area contributed by atoms with E-state index in [9.17, 15) is 18.0 Å². The number of halogens is 1. The van der Waals surface area contributed by atoms with Crippen molar-refractivity contribution in [3.8, 4) is 0 Å². The minimum atomic E-state index is -3.45. The average Bonchev–Trinajstić information content (AvgIpc) is 2.61. The first-order valence-electron chi connectivity index (χ1n) is 8.67. The number of hydrogen-bond acceptors (Lipinski definition) is 4. The molecule has 7 nitrogen and oxygen atoms in total. The minimum Gasteiger partial charge on any atom is -0.352 e. The van der Waals surface area contributed by atoms with Gasteiger partial charge in [-0.15, -0.1) is 0 Å². The van der Waals surface area contributed by atoms with Crippen LogP contribution in [0.15, 0.2) is 42.5 Å². The molecule has 3 N–H and O–H groups in total. The van der Waals surface area contributed by atoms with Gasteiger partial charge in [-0.05, 0) is 36.8 Å². The van der Waals surface area contributed by atoms with Gasteiger partial charge >= 0.3 is 0 Å². The highest BCUT2D eigenvalue weighted by molar-refractivity contribution is 7.92. The van der Waals surface area contributed by atoms with Crippen molar-refractivity contribution in [2.24, 2.45) is 0 Å². The van der Waals surface area contributed by atoms with Crippen LogP contribution in [0.2, 0.25) is 5.02 Å². The van der Waals surface area contributed by atoms with E-state index in [1.165, 1.54) is 18.2 Å². The highest BCUT2D eigenvalue weighted by Crippen LogP contribution is 2.24. The summed E-state index contributed by atoms with van der Waals surface area (Å²) in [6, 6.07) is 10.9. The molecule has 0 aromatic heterocycles. The largest absolute Gasteiger partial charge is 0.352 e. The van der Waals surface area contributed by atoms with Gasteiger partial charge in [0.05, 0.1) is 28.1 Å². The molecule has 0 bridgehead atoms. The van der Waals surface area contributed by atoms with E-state index < -0.39 is 15.9 Å². The maximum Gasteiger partial charge on any atom is 0.257 e. The monoisotopic (exact) mass is 423 g/mol. The van der Waals surface area contributed by atoms with Crippen molar-refractivity contribution in [2.45, 2.75) is 19.8 Å². The Morgan fingerprint density at radius 3 is 2.39 bits per heavy atom. The molecule has 150 valence electrons. The van der Waals surface area contributed by atoms with E-state index in [1.807, 2.05) is 6.92 Å². The van der Waals surface area contributed by atoms with Crippen LogP contribution in [0.3, 0.4) is 0 Å². The molecule has 0 spiro atoms. The van der Waals surface area contributed by atoms with Crippen molar-refractivity contribution >= 4 is 44.8 Å². The molecule has 2 aromatic carbocycles. The molecule has 28 heavy (non-hydrogen) atoms. The minimum absolute atomic E-state index is 0.0797. The van der Waals surface area contributed by atoms with Crippen LogP contribution >= 0.6 is 11.6 Å². The maximum absolute atomic E-state index is 12.6. The molecule has 0 heterocycles. The number of benzene rings is 2. The summed E-state index contributed by atoms with van der Waals surface area (Å²) in [7, 11) is -3.45. The molecule has 0 aliphatic carbocycles. The molecule has 0 aliphatic rings. The van der Waals surface area contributed by atoms with Gasteiger partial charge < -0.3 is 10.6 Å². The van der Waals surface area contributed by atoms with Gasteiger partial charge in [0, 0.05) is 12.2 Å². The fourth-order valence-corrected chi connectivity index (χ4v) is 3.25. The quantitative estimate of drug-likeness (QED) is 0.565. The number of rotatable bonds is 8. The van der Waals surface area contributed by atoms with Crippen molar-refractivity contribution in [1.82, 2.24) is 5.32 Å². The summed E-state index contributed by atoms with van der Waals surface area (Å²) in [5.74, 6) is -0.784. The number of para-hydroxylation sites is 1. The van der Waals surface area contributed by atoms with Crippen LogP contribution in [-0.4, -0.2) is 33.0 Å². The maximum atomic E-state index is 12.6. The number of hydrogen-bond donors (Lipinski definition) is 3. The number of amides is 2. The number of nitrogens with one attached hydrogen (secondary N) is 3. The zero-order valence-electron chi connectivity index (χ0n) is 15.6. The third kappa shape index (κ3) is 6.24. The Morgan fingerprint density at radius 1 is 1.04 bits per heavy atom. The lowest BCUT2D eigenvalue weighted by atomic mass is 10.1. The first kappa shape index (κ1) is 21.7. The molecule has 0 saturated heterocycles. The molecule has 0 radical (unpaired) electrons. The van der Waals surface area contributed by atoms with Crippen molar-refractivity contribution in [1.29, 1.82) is 0 Å². The number of unbranched alkanes of at least 4 members (excludes halogenated alkanes) is 1. The second kappa shape index (κ2) is 9.57. The first-order valence-corrected chi connectivity index (χ1v) is 10.9. The average molecular weight is 424 g/mol. The van der Waals surface area contributed by atoms with Gasteiger partial charge in [-0.25, -0.2) is 8.42 Å². The molecule has 0 fully saturated rings. The van der Waals surface area contributed by atoms with Crippen LogP contribution < -0.4 is 15.4 Å². The highest BCUT2D eigenvalue weighted by Gasteiger charge is 2.16. The second-order valence-electron chi connectivity index (χ2n) is 6.18. The van der Waals surface area contributed by atoms with E-state index in [2.05, 4.69) is 15.4 Å². The molecular weight excluding hydrogens is 402 g/mol. The number of sulfonamides is 1. The number of carbonyl (C=O) groups is 2. The lowest BCUT2D eigenvalue weighted by Gasteiger charge is -2.12. The van der Waals surface area contributed by atoms with Crippen molar-refractivity contribution in [3.63, 3.8) is 0 Å². The lowest BCUT2D eigenvalue weighted by molar-refractivity contribution is 0.0954. The zero-order valence-corrected chi connectivity index (χ0v) is 17.2. The molecule has 0 atom stereocenters. The Morgan fingerprint density at radius 2 is 1.75 bits per heavy atom. The summed E-state index contributed by atoms with van der Waals surface area (Å²) in [6.45, 7) is 2.58. The van der Waals surface area contributed by atoms with E-state index >= 15 is 0 Å². The van der Waals surface area contributed by atoms with Gasteiger partial charge in [0.25, 0.3) is 11.8 Å². The van der Waals surface area contributed by atoms with Gasteiger partial charge in [0.1, 0.15) is 0 Å². The van der Waals surface area contributed by atoms with E-state index in [0.717, 1.165) is 19.1 Å². The summed E-state index contributed by atoms with van der Waals surface area (Å²) < 4.78 is 24.9. The van der Waals surface area contributed by atoms with E-state index in [1.54, 1.807) is 24.3 Å². The number of carbonyl (C=O) groups excluding carboxylic acids is 2. The van der Waals surface area contributed by atoms with Crippen LogP contribution in [0.4, 0.5) is 11.4 Å². The standard InChI is InChI=1S/C19H22ClN3O4S/c1-3-4-11-21-18(24)15-7-5-6-8-17(15)22-19(25)14-10-9-13(12-16(14)20)23-28(2,26)27/h5-10,12,23H,3-4,11H2,1-2H3,(H,21,24)(H,22,25). The van der Waals surface area contributed by atoms with E-state index in [-0.39, 0.29) is 22.2 Å². The fraction of sp³-hybridized carbons (Fsp3) is 0.263. The molecule has 0 unspecified atom stereocenters. The highest BCUT2D eigenvalue weighted by atomic mass is 35.5. The molecular formula is C19H22ClN3O4S. The van der Waals surface area contributed by atoms with Crippen LogP contribution in [0, 0.1) is 0 Å². The first-order chi connectivity index (χ1) is 13.2. The van der Waals surface area contributed by atoms with Crippen LogP contribution in [0.1, 0.15) is 40.5 Å². The summed E-state index contributed by atoms with van der Waals surface area (Å²) in [5, 5.41) is 5.58. The van der Waals surface area contributed by atoms with Gasteiger partial charge in [0.15, 0.2) is 0 Å². The second-order valence-corrected chi connectivity index (χ2v) is 8.33. The number of anilines is 2. The molecule has 2 aromatic rings. The predicted octanol–water partition coefficient (Wildman–Crippen LogP) is 3.49. The van der Waals surface area contributed by atoms with Gasteiger partial charge in [-0.3, -0.25) is 14.3 Å². The Hall–Kier alpha value is -2.58. The smallest absolute Gasteiger partial charge is 0.257 e. The molecule has 2 amide bonds. The van der Waals surface area contributed by atoms with Gasteiger partial charge in [-0.2, -0.15) is 0 Å². The third-order valence-electron chi connectivity index (χ3n) is 3.75. The summed E-state index contributed by atoms with van der Waals surface area (Å²) in [4.78, 5) is 24.9. The van der Waals surface area contributed by atoms with Crippen molar-refractivity contribution in [2.75, 3.05) is 22.8 Å². The molecule has 2 rings (SSSR count). The van der Waals surface area contributed by atoms with Crippen molar-refractivity contribution < 1.29 is 18.0 Å². The third-order valence-corrected chi connectivity index (χ3v) is 4.67. The topological polar surface area (TPSA) is 104 Å². The van der Waals surface area contributed by atoms with Crippen molar-refractivity contribution in [3.05, 3.63) is 58.6 Å². The Balaban J connectivity index is 2.18. The summed E-state index contributed by atoms with van der Waals surface area (Å²) >= 11 is 6.13. The zero-order chi connectivity index (χ0) is 20.7. The van der Waals surface area contributed by atoms with Gasteiger partial charge in [0.2, 0.25) is 10.0 Å². The normalized spacial score (nSPS) is 11.0. The predicted molar refractivity (Wildman–Crippen MR) is 112 cm³/mol. The summed E-state index contributed by atoms with van der Waals surface area (Å²) in [6.07, 6.45) is 2.84. The fourth-order valence-electron chi connectivity index (χ4n) is 2.43. The Bertz CT molecular complexity index is 977. The Kier molecular flexibility index (Phi) is 7.42. The SMILES string of the molecule is CCCCNC(=O)c1ccccc1NC(=O)c1ccc(NS(C)(=O)=O)cc1Cl. The van der Waals surface area contributed by atoms with E-state index in [0.29, 0.717) is 17.8 Å². The molecule has 0 aliphatic heterocycles. The van der Waals surface area contributed by atoms with Gasteiger partial charge in [-0.1, -0.05) is 37.1 Å². The van der Waals surface area contributed by atoms with Crippen LogP contribution in [0.25, 0.3) is 0 Å². The van der Waals surface area contributed by atoms with E-state index in [4.69, 9.17) is 11.6 Å². The Labute approximate surface area is 169 Å². The molecule has 0 saturated carbocycles. The van der Waals surface area contributed by atoms with Crippen LogP contribution in [-0.2, 0) is 10.0 Å². The molecule has 9 heteroatoms.